The summed E-state index contributed by atoms with van der Waals surface area (Å²) in [7, 11) is 0. The molecule has 0 radical (unpaired) electrons. The number of fused-ring (bicyclic) bond motifs is 1. The molecule has 1 aliphatic rings. The Bertz CT molecular complexity index is 333. The van der Waals surface area contributed by atoms with E-state index in [4.69, 9.17) is 0 Å². The molecule has 1 atom stereocenters. The van der Waals surface area contributed by atoms with Gasteiger partial charge in [-0.15, -0.1) is 0 Å². The molecule has 0 aliphatic carbocycles. The molecule has 2 N–H and O–H groups in total. The SMILES string of the molecule is Cc1cccc2c1NC(O)C=N2. The van der Waals surface area contributed by atoms with Gasteiger partial charge in [0.05, 0.1) is 17.6 Å². The van der Waals surface area contributed by atoms with Crippen molar-refractivity contribution in [3.8, 4) is 0 Å². The lowest BCUT2D eigenvalue weighted by molar-refractivity contribution is 0.274. The molecule has 1 heterocycles. The first kappa shape index (κ1) is 7.31. The number of aliphatic hydroxyl groups excluding tert-OH is 1. The van der Waals surface area contributed by atoms with E-state index in [2.05, 4.69) is 10.3 Å². The molecule has 2 rings (SSSR count). The number of aliphatic hydroxyl groups is 1. The van der Waals surface area contributed by atoms with Gasteiger partial charge in [-0.1, -0.05) is 12.1 Å². The molecule has 3 heteroatoms. The molecule has 1 aromatic rings. The molecular formula is C9H10N2O. The zero-order valence-electron chi connectivity index (χ0n) is 6.78. The van der Waals surface area contributed by atoms with Crippen LogP contribution in [0.3, 0.4) is 0 Å². The number of aliphatic imine (C=N–C) groups is 1. The van der Waals surface area contributed by atoms with E-state index in [0.29, 0.717) is 0 Å². The molecule has 3 nitrogen and oxygen atoms in total. The Balaban J connectivity index is 2.53. The van der Waals surface area contributed by atoms with Crippen LogP contribution in [0, 0.1) is 6.92 Å². The lowest BCUT2D eigenvalue weighted by Gasteiger charge is -2.18. The third-order valence-corrected chi connectivity index (χ3v) is 1.90. The number of hydrogen-bond donors (Lipinski definition) is 2. The fourth-order valence-corrected chi connectivity index (χ4v) is 1.28. The lowest BCUT2D eigenvalue weighted by atomic mass is 10.1. The van der Waals surface area contributed by atoms with Gasteiger partial charge in [0.15, 0.2) is 6.23 Å². The maximum atomic E-state index is 9.22. The molecule has 62 valence electrons. The number of para-hydroxylation sites is 1. The van der Waals surface area contributed by atoms with Crippen molar-refractivity contribution >= 4 is 17.6 Å². The first-order valence-electron chi connectivity index (χ1n) is 3.86. The Hall–Kier alpha value is -1.35. The van der Waals surface area contributed by atoms with Gasteiger partial charge < -0.3 is 10.4 Å². The summed E-state index contributed by atoms with van der Waals surface area (Å²) in [5.41, 5.74) is 2.91. The van der Waals surface area contributed by atoms with Gasteiger partial charge >= 0.3 is 0 Å². The fourth-order valence-electron chi connectivity index (χ4n) is 1.28. The van der Waals surface area contributed by atoms with Crippen LogP contribution in [0.25, 0.3) is 0 Å². The Kier molecular flexibility index (Phi) is 1.59. The van der Waals surface area contributed by atoms with E-state index in [0.717, 1.165) is 16.9 Å². The van der Waals surface area contributed by atoms with Crippen LogP contribution in [0.5, 0.6) is 0 Å². The van der Waals surface area contributed by atoms with Crippen molar-refractivity contribution in [2.75, 3.05) is 5.32 Å². The normalized spacial score (nSPS) is 20.0. The number of benzene rings is 1. The molecule has 1 aromatic carbocycles. The molecule has 1 aliphatic heterocycles. The van der Waals surface area contributed by atoms with Crippen LogP contribution in [-0.4, -0.2) is 17.5 Å². The van der Waals surface area contributed by atoms with Gasteiger partial charge in [-0.3, -0.25) is 4.99 Å². The molecule has 0 fully saturated rings. The highest BCUT2D eigenvalue weighted by atomic mass is 16.3. The maximum absolute atomic E-state index is 9.22. The van der Waals surface area contributed by atoms with E-state index in [-0.39, 0.29) is 0 Å². The maximum Gasteiger partial charge on any atom is 0.161 e. The van der Waals surface area contributed by atoms with Crippen LogP contribution in [-0.2, 0) is 0 Å². The third-order valence-electron chi connectivity index (χ3n) is 1.90. The van der Waals surface area contributed by atoms with Crippen LogP contribution < -0.4 is 5.32 Å². The van der Waals surface area contributed by atoms with Crippen molar-refractivity contribution in [1.82, 2.24) is 0 Å². The minimum absolute atomic E-state index is 0.654. The van der Waals surface area contributed by atoms with E-state index in [1.807, 2.05) is 25.1 Å². The molecular weight excluding hydrogens is 152 g/mol. The number of nitrogens with one attached hydrogen (secondary N) is 1. The molecule has 1 unspecified atom stereocenters. The zero-order valence-corrected chi connectivity index (χ0v) is 6.78. The van der Waals surface area contributed by atoms with Gasteiger partial charge in [-0.2, -0.15) is 0 Å². The van der Waals surface area contributed by atoms with Crippen LogP contribution in [0.4, 0.5) is 11.4 Å². The molecule has 0 bridgehead atoms. The van der Waals surface area contributed by atoms with Crippen LogP contribution in [0.15, 0.2) is 23.2 Å². The zero-order chi connectivity index (χ0) is 8.55. The summed E-state index contributed by atoms with van der Waals surface area (Å²) in [4.78, 5) is 4.10. The first-order valence-corrected chi connectivity index (χ1v) is 3.86. The number of hydrogen-bond acceptors (Lipinski definition) is 3. The van der Waals surface area contributed by atoms with E-state index in [1.165, 1.54) is 6.21 Å². The summed E-state index contributed by atoms with van der Waals surface area (Å²) < 4.78 is 0. The summed E-state index contributed by atoms with van der Waals surface area (Å²) in [6, 6.07) is 5.85. The highest BCUT2D eigenvalue weighted by Crippen LogP contribution is 2.30. The number of anilines is 1. The van der Waals surface area contributed by atoms with E-state index < -0.39 is 6.23 Å². The largest absolute Gasteiger partial charge is 0.369 e. The van der Waals surface area contributed by atoms with Gasteiger partial charge in [0, 0.05) is 0 Å². The van der Waals surface area contributed by atoms with Crippen molar-refractivity contribution in [3.63, 3.8) is 0 Å². The van der Waals surface area contributed by atoms with Crippen molar-refractivity contribution in [2.24, 2.45) is 4.99 Å². The number of aryl methyl sites for hydroxylation is 1. The van der Waals surface area contributed by atoms with Crippen molar-refractivity contribution in [1.29, 1.82) is 0 Å². The quantitative estimate of drug-likeness (QED) is 0.606. The third kappa shape index (κ3) is 1.08. The summed E-state index contributed by atoms with van der Waals surface area (Å²) >= 11 is 0. The minimum atomic E-state index is -0.654. The molecule has 0 spiro atoms. The highest BCUT2D eigenvalue weighted by Gasteiger charge is 2.11. The molecule has 0 amide bonds. The van der Waals surface area contributed by atoms with E-state index in [9.17, 15) is 5.11 Å². The second-order valence-corrected chi connectivity index (χ2v) is 2.84. The second-order valence-electron chi connectivity index (χ2n) is 2.84. The summed E-state index contributed by atoms with van der Waals surface area (Å²) in [5, 5.41) is 12.2. The average molecular weight is 162 g/mol. The summed E-state index contributed by atoms with van der Waals surface area (Å²) in [6.45, 7) is 1.99. The van der Waals surface area contributed by atoms with Crippen LogP contribution >= 0.6 is 0 Å². The first-order chi connectivity index (χ1) is 5.77. The average Bonchev–Trinajstić information content (AvgIpc) is 2.07. The monoisotopic (exact) mass is 162 g/mol. The van der Waals surface area contributed by atoms with Gasteiger partial charge in [-0.25, -0.2) is 0 Å². The summed E-state index contributed by atoms with van der Waals surface area (Å²) in [5.74, 6) is 0. The Morgan fingerprint density at radius 3 is 3.17 bits per heavy atom. The number of nitrogens with zero attached hydrogens (tertiary/aromatic N) is 1. The number of rotatable bonds is 0. The topological polar surface area (TPSA) is 44.6 Å². The fraction of sp³-hybridized carbons (Fsp3) is 0.222. The van der Waals surface area contributed by atoms with Crippen molar-refractivity contribution in [3.05, 3.63) is 23.8 Å². The van der Waals surface area contributed by atoms with E-state index in [1.54, 1.807) is 0 Å². The molecule has 0 aromatic heterocycles. The summed E-state index contributed by atoms with van der Waals surface area (Å²) in [6.07, 6.45) is 0.834. The Morgan fingerprint density at radius 1 is 1.50 bits per heavy atom. The Labute approximate surface area is 70.8 Å². The van der Waals surface area contributed by atoms with Gasteiger partial charge in [0.1, 0.15) is 0 Å². The van der Waals surface area contributed by atoms with Gasteiger partial charge in [-0.05, 0) is 18.6 Å². The second kappa shape index (κ2) is 2.60. The predicted molar refractivity (Wildman–Crippen MR) is 49.0 cm³/mol. The van der Waals surface area contributed by atoms with Crippen molar-refractivity contribution < 1.29 is 5.11 Å². The standard InChI is InChI=1S/C9H10N2O/c1-6-3-2-4-7-9(6)11-8(12)5-10-7/h2-5,8,11-12H,1H3. The van der Waals surface area contributed by atoms with Crippen molar-refractivity contribution in [2.45, 2.75) is 13.2 Å². The molecule has 0 saturated heterocycles. The van der Waals surface area contributed by atoms with Crippen LogP contribution in [0.1, 0.15) is 5.56 Å². The van der Waals surface area contributed by atoms with Gasteiger partial charge in [0.2, 0.25) is 0 Å². The molecule has 0 saturated carbocycles. The molecule has 12 heavy (non-hydrogen) atoms. The van der Waals surface area contributed by atoms with Gasteiger partial charge in [0.25, 0.3) is 0 Å². The Morgan fingerprint density at radius 2 is 2.33 bits per heavy atom. The smallest absolute Gasteiger partial charge is 0.161 e. The minimum Gasteiger partial charge on any atom is -0.369 e. The highest BCUT2D eigenvalue weighted by molar-refractivity contribution is 5.83. The predicted octanol–water partition coefficient (Wildman–Crippen LogP) is 1.44. The van der Waals surface area contributed by atoms with Crippen LogP contribution in [0.2, 0.25) is 0 Å². The van der Waals surface area contributed by atoms with E-state index >= 15 is 0 Å². The lowest BCUT2D eigenvalue weighted by Crippen LogP contribution is -2.23.